The number of carbonyl (C=O) groups excluding carboxylic acids is 1. The Morgan fingerprint density at radius 2 is 2.12 bits per heavy atom. The molecule has 6 nitrogen and oxygen atoms in total. The van der Waals surface area contributed by atoms with Gasteiger partial charge in [-0.1, -0.05) is 30.0 Å². The van der Waals surface area contributed by atoms with Crippen molar-refractivity contribution < 1.29 is 13.9 Å². The Kier molecular flexibility index (Phi) is 6.51. The molecule has 2 aromatic heterocycles. The van der Waals surface area contributed by atoms with E-state index < -0.39 is 0 Å². The number of thioether (sulfide) groups is 1. The lowest BCUT2D eigenvalue weighted by Gasteiger charge is -2.11. The molecule has 1 amide bonds. The Morgan fingerprint density at radius 3 is 2.85 bits per heavy atom. The molecule has 0 aliphatic heterocycles. The van der Waals surface area contributed by atoms with E-state index in [1.807, 2.05) is 53.3 Å². The largest absolute Gasteiger partial charge is 0.467 e. The van der Waals surface area contributed by atoms with Gasteiger partial charge >= 0.3 is 0 Å². The van der Waals surface area contributed by atoms with Crippen molar-refractivity contribution in [1.82, 2.24) is 14.9 Å². The van der Waals surface area contributed by atoms with Gasteiger partial charge in [-0.05, 0) is 36.9 Å². The summed E-state index contributed by atoms with van der Waals surface area (Å²) in [6.07, 6.45) is 5.90. The quantitative estimate of drug-likeness (QED) is 0.460. The summed E-state index contributed by atoms with van der Waals surface area (Å²) >= 11 is 1.51. The molecule has 1 N–H and O–H groups in total. The molecule has 3 rings (SSSR count). The van der Waals surface area contributed by atoms with E-state index in [1.54, 1.807) is 12.5 Å². The summed E-state index contributed by atoms with van der Waals surface area (Å²) < 4.78 is 12.6. The molecule has 0 fully saturated rings. The van der Waals surface area contributed by atoms with Crippen LogP contribution in [-0.4, -0.2) is 34.9 Å². The van der Waals surface area contributed by atoms with E-state index in [1.165, 1.54) is 11.8 Å². The van der Waals surface area contributed by atoms with Crippen LogP contribution in [0.15, 0.2) is 64.5 Å². The van der Waals surface area contributed by atoms with Crippen molar-refractivity contribution in [2.75, 3.05) is 19.4 Å². The molecular formula is C19H21N3O3S. The highest BCUT2D eigenvalue weighted by Crippen LogP contribution is 2.21. The number of hydrogen-bond donors (Lipinski definition) is 1. The number of aromatic nitrogens is 2. The standard InChI is InChI=1S/C19H21N3O3S/c1-26-19-21-13-17(22(19)15-7-3-2-4-8-15)18(23)20-10-6-11-24-14-16-9-5-12-25-16/h2-5,7-9,12-13H,6,10-11,14H2,1H3,(H,20,23). The van der Waals surface area contributed by atoms with Crippen LogP contribution in [0.3, 0.4) is 0 Å². The summed E-state index contributed by atoms with van der Waals surface area (Å²) in [5, 5.41) is 3.71. The molecule has 0 aliphatic rings. The van der Waals surface area contributed by atoms with Gasteiger partial charge in [0.05, 0.1) is 12.5 Å². The number of furan rings is 1. The molecule has 0 atom stereocenters. The maximum Gasteiger partial charge on any atom is 0.269 e. The van der Waals surface area contributed by atoms with Crippen LogP contribution in [0.25, 0.3) is 5.69 Å². The lowest BCUT2D eigenvalue weighted by molar-refractivity contribution is 0.0911. The zero-order valence-electron chi connectivity index (χ0n) is 14.6. The smallest absolute Gasteiger partial charge is 0.269 e. The Hall–Kier alpha value is -2.51. The summed E-state index contributed by atoms with van der Waals surface area (Å²) in [7, 11) is 0. The maximum absolute atomic E-state index is 12.6. The van der Waals surface area contributed by atoms with Crippen LogP contribution in [0.4, 0.5) is 0 Å². The van der Waals surface area contributed by atoms with Crippen LogP contribution in [0.5, 0.6) is 0 Å². The molecule has 2 heterocycles. The van der Waals surface area contributed by atoms with E-state index in [9.17, 15) is 4.79 Å². The maximum atomic E-state index is 12.6. The van der Waals surface area contributed by atoms with Gasteiger partial charge in [0, 0.05) is 18.8 Å². The van der Waals surface area contributed by atoms with Crippen LogP contribution in [-0.2, 0) is 11.3 Å². The number of benzene rings is 1. The van der Waals surface area contributed by atoms with Gasteiger partial charge in [0.25, 0.3) is 5.91 Å². The van der Waals surface area contributed by atoms with Crippen LogP contribution < -0.4 is 5.32 Å². The van der Waals surface area contributed by atoms with Gasteiger partial charge < -0.3 is 14.5 Å². The van der Waals surface area contributed by atoms with Gasteiger partial charge in [-0.25, -0.2) is 4.98 Å². The second kappa shape index (κ2) is 9.26. The van der Waals surface area contributed by atoms with Crippen molar-refractivity contribution in [1.29, 1.82) is 0 Å². The highest BCUT2D eigenvalue weighted by Gasteiger charge is 2.17. The van der Waals surface area contributed by atoms with Crippen molar-refractivity contribution in [2.45, 2.75) is 18.2 Å². The van der Waals surface area contributed by atoms with Gasteiger partial charge in [0.15, 0.2) is 5.16 Å². The molecule has 0 radical (unpaired) electrons. The fourth-order valence-electron chi connectivity index (χ4n) is 2.50. The zero-order valence-corrected chi connectivity index (χ0v) is 15.4. The number of nitrogens with one attached hydrogen (secondary N) is 1. The predicted octanol–water partition coefficient (Wildman–Crippen LogP) is 3.52. The predicted molar refractivity (Wildman–Crippen MR) is 101 cm³/mol. The first kappa shape index (κ1) is 18.3. The molecule has 0 spiro atoms. The summed E-state index contributed by atoms with van der Waals surface area (Å²) in [5.41, 5.74) is 1.44. The number of carbonyl (C=O) groups is 1. The Bertz CT molecular complexity index is 816. The number of hydrogen-bond acceptors (Lipinski definition) is 5. The molecule has 0 aliphatic carbocycles. The Labute approximate surface area is 156 Å². The van der Waals surface area contributed by atoms with E-state index in [-0.39, 0.29) is 5.91 Å². The fourth-order valence-corrected chi connectivity index (χ4v) is 3.04. The van der Waals surface area contributed by atoms with Crippen molar-refractivity contribution in [3.05, 3.63) is 66.4 Å². The van der Waals surface area contributed by atoms with E-state index in [0.29, 0.717) is 25.5 Å². The second-order valence-corrected chi connectivity index (χ2v) is 6.32. The molecular weight excluding hydrogens is 350 g/mol. The number of rotatable bonds is 9. The molecule has 0 saturated heterocycles. The zero-order chi connectivity index (χ0) is 18.2. The van der Waals surface area contributed by atoms with Crippen LogP contribution >= 0.6 is 11.8 Å². The van der Waals surface area contributed by atoms with E-state index in [0.717, 1.165) is 23.0 Å². The molecule has 3 aromatic rings. The van der Waals surface area contributed by atoms with Gasteiger partial charge in [0.2, 0.25) is 0 Å². The minimum absolute atomic E-state index is 0.146. The van der Waals surface area contributed by atoms with Crippen molar-refractivity contribution in [2.24, 2.45) is 0 Å². The monoisotopic (exact) mass is 371 g/mol. The highest BCUT2D eigenvalue weighted by molar-refractivity contribution is 7.98. The summed E-state index contributed by atoms with van der Waals surface area (Å²) in [6.45, 7) is 1.53. The molecule has 136 valence electrons. The van der Waals surface area contributed by atoms with Crippen molar-refractivity contribution in [3.8, 4) is 5.69 Å². The summed E-state index contributed by atoms with van der Waals surface area (Å²) in [6, 6.07) is 13.4. The third-order valence-corrected chi connectivity index (χ3v) is 4.39. The van der Waals surface area contributed by atoms with Gasteiger partial charge in [-0.2, -0.15) is 0 Å². The summed E-state index contributed by atoms with van der Waals surface area (Å²) in [4.78, 5) is 16.9. The Morgan fingerprint density at radius 1 is 1.27 bits per heavy atom. The van der Waals surface area contributed by atoms with E-state index in [2.05, 4.69) is 10.3 Å². The molecule has 0 bridgehead atoms. The van der Waals surface area contributed by atoms with Crippen LogP contribution in [0.1, 0.15) is 22.7 Å². The van der Waals surface area contributed by atoms with E-state index >= 15 is 0 Å². The molecule has 26 heavy (non-hydrogen) atoms. The average molecular weight is 371 g/mol. The second-order valence-electron chi connectivity index (χ2n) is 5.54. The SMILES string of the molecule is CSc1ncc(C(=O)NCCCOCc2ccco2)n1-c1ccccc1. The van der Waals surface area contributed by atoms with Gasteiger partial charge in [-0.15, -0.1) is 0 Å². The van der Waals surface area contributed by atoms with Crippen LogP contribution in [0.2, 0.25) is 0 Å². The number of para-hydroxylation sites is 1. The third kappa shape index (κ3) is 4.56. The first-order chi connectivity index (χ1) is 12.8. The molecule has 0 saturated carbocycles. The lowest BCUT2D eigenvalue weighted by atomic mass is 10.3. The topological polar surface area (TPSA) is 69.3 Å². The lowest BCUT2D eigenvalue weighted by Crippen LogP contribution is -2.27. The number of ether oxygens (including phenoxy) is 1. The minimum atomic E-state index is -0.146. The molecule has 0 unspecified atom stereocenters. The van der Waals surface area contributed by atoms with E-state index in [4.69, 9.17) is 9.15 Å². The highest BCUT2D eigenvalue weighted by atomic mass is 32.2. The van der Waals surface area contributed by atoms with Crippen molar-refractivity contribution >= 4 is 17.7 Å². The average Bonchev–Trinajstić information content (AvgIpc) is 3.34. The fraction of sp³-hybridized carbons (Fsp3) is 0.263. The van der Waals surface area contributed by atoms with Crippen molar-refractivity contribution in [3.63, 3.8) is 0 Å². The Balaban J connectivity index is 1.52. The first-order valence-electron chi connectivity index (χ1n) is 8.35. The molecule has 1 aromatic carbocycles. The van der Waals surface area contributed by atoms with Gasteiger partial charge in [-0.3, -0.25) is 9.36 Å². The van der Waals surface area contributed by atoms with Crippen LogP contribution in [0, 0.1) is 0 Å². The molecule has 7 heteroatoms. The number of amides is 1. The summed E-state index contributed by atoms with van der Waals surface area (Å²) in [5.74, 6) is 0.651. The minimum Gasteiger partial charge on any atom is -0.467 e. The first-order valence-corrected chi connectivity index (χ1v) is 9.57. The number of nitrogens with zero attached hydrogens (tertiary/aromatic N) is 2. The van der Waals surface area contributed by atoms with Gasteiger partial charge in [0.1, 0.15) is 18.1 Å². The third-order valence-electron chi connectivity index (χ3n) is 3.73. The normalized spacial score (nSPS) is 10.8. The number of imidazole rings is 1.